The van der Waals surface area contributed by atoms with Crippen molar-refractivity contribution in [3.63, 3.8) is 0 Å². The Morgan fingerprint density at radius 3 is 3.07 bits per heavy atom. The second-order valence-corrected chi connectivity index (χ2v) is 3.72. The maximum Gasteiger partial charge on any atom is 0.207 e. The lowest BCUT2D eigenvalue weighted by Gasteiger charge is -2.08. The van der Waals surface area contributed by atoms with Gasteiger partial charge in [0.2, 0.25) is 5.28 Å². The molecule has 2 aromatic rings. The van der Waals surface area contributed by atoms with Crippen LogP contribution in [0.1, 0.15) is 11.3 Å². The molecule has 3 rings (SSSR count). The van der Waals surface area contributed by atoms with Crippen LogP contribution in [0.5, 0.6) is 0 Å². The highest BCUT2D eigenvalue weighted by molar-refractivity contribution is 6.28. The normalized spacial score (nSPS) is 13.1. The molecule has 0 unspecified atom stereocenters. The largest absolute Gasteiger partial charge is 0.286 e. The van der Waals surface area contributed by atoms with Crippen molar-refractivity contribution >= 4 is 17.8 Å². The molecule has 0 amide bonds. The van der Waals surface area contributed by atoms with Crippen LogP contribution in [-0.2, 0) is 6.54 Å². The molecule has 1 aliphatic heterocycles. The zero-order chi connectivity index (χ0) is 10.3. The van der Waals surface area contributed by atoms with E-state index in [9.17, 15) is 0 Å². The van der Waals surface area contributed by atoms with Crippen molar-refractivity contribution in [3.05, 3.63) is 47.0 Å². The van der Waals surface area contributed by atoms with Gasteiger partial charge in [-0.1, -0.05) is 18.2 Å². The number of aromatic nitrogens is 2. The van der Waals surface area contributed by atoms with E-state index in [-0.39, 0.29) is 0 Å². The van der Waals surface area contributed by atoms with E-state index >= 15 is 0 Å². The van der Waals surface area contributed by atoms with Crippen molar-refractivity contribution in [3.8, 4) is 5.69 Å². The fourth-order valence-electron chi connectivity index (χ4n) is 1.77. The van der Waals surface area contributed by atoms with E-state index in [1.807, 2.05) is 35.0 Å². The number of nitrogens with zero attached hydrogens (tertiary/aromatic N) is 3. The van der Waals surface area contributed by atoms with Crippen molar-refractivity contribution in [1.29, 1.82) is 0 Å². The summed E-state index contributed by atoms with van der Waals surface area (Å²) in [4.78, 5) is 8.42. The van der Waals surface area contributed by atoms with Gasteiger partial charge in [-0.05, 0) is 17.7 Å². The van der Waals surface area contributed by atoms with Crippen LogP contribution in [0.25, 0.3) is 5.69 Å². The standard InChI is InChI=1S/C11H8ClN3/c12-11-14-7-9-6-13-5-8-3-1-2-4-10(8)15(9)11/h1-5,7H,6H2. The fourth-order valence-corrected chi connectivity index (χ4v) is 2.01. The highest BCUT2D eigenvalue weighted by Crippen LogP contribution is 2.23. The minimum absolute atomic E-state index is 0.489. The molecule has 0 saturated heterocycles. The van der Waals surface area contributed by atoms with Gasteiger partial charge in [-0.3, -0.25) is 9.56 Å². The summed E-state index contributed by atoms with van der Waals surface area (Å²) in [6.07, 6.45) is 3.64. The molecule has 0 aliphatic carbocycles. The minimum Gasteiger partial charge on any atom is -0.286 e. The third-order valence-electron chi connectivity index (χ3n) is 2.45. The highest BCUT2D eigenvalue weighted by atomic mass is 35.5. The molecule has 0 saturated carbocycles. The van der Waals surface area contributed by atoms with E-state index in [0.717, 1.165) is 16.9 Å². The molecule has 1 aromatic heterocycles. The first-order chi connectivity index (χ1) is 7.36. The Labute approximate surface area is 92.0 Å². The van der Waals surface area contributed by atoms with E-state index in [1.54, 1.807) is 6.20 Å². The minimum atomic E-state index is 0.489. The van der Waals surface area contributed by atoms with Crippen molar-refractivity contribution < 1.29 is 0 Å². The monoisotopic (exact) mass is 217 g/mol. The Balaban J connectivity index is 2.36. The second-order valence-electron chi connectivity index (χ2n) is 3.38. The van der Waals surface area contributed by atoms with Crippen LogP contribution in [0.15, 0.2) is 35.5 Å². The molecular weight excluding hydrogens is 210 g/mol. The van der Waals surface area contributed by atoms with Crippen molar-refractivity contribution in [2.24, 2.45) is 4.99 Å². The Morgan fingerprint density at radius 2 is 2.13 bits per heavy atom. The number of benzene rings is 1. The zero-order valence-corrected chi connectivity index (χ0v) is 8.65. The predicted molar refractivity (Wildman–Crippen MR) is 59.9 cm³/mol. The summed E-state index contributed by atoms with van der Waals surface area (Å²) in [5, 5.41) is 0.489. The molecule has 1 aliphatic rings. The average molecular weight is 218 g/mol. The third kappa shape index (κ3) is 1.27. The van der Waals surface area contributed by atoms with Crippen molar-refractivity contribution in [2.45, 2.75) is 6.54 Å². The molecule has 74 valence electrons. The quantitative estimate of drug-likeness (QED) is 0.667. The molecule has 0 atom stereocenters. The molecule has 3 nitrogen and oxygen atoms in total. The number of fused-ring (bicyclic) bond motifs is 3. The van der Waals surface area contributed by atoms with Gasteiger partial charge in [-0.2, -0.15) is 0 Å². The molecule has 1 aromatic carbocycles. The summed E-state index contributed by atoms with van der Waals surface area (Å²) < 4.78 is 1.93. The van der Waals surface area contributed by atoms with E-state index in [4.69, 9.17) is 11.6 Å². The van der Waals surface area contributed by atoms with Gasteiger partial charge in [0.15, 0.2) is 0 Å². The van der Waals surface area contributed by atoms with Gasteiger partial charge in [0.25, 0.3) is 0 Å². The van der Waals surface area contributed by atoms with Gasteiger partial charge >= 0.3 is 0 Å². The van der Waals surface area contributed by atoms with Crippen LogP contribution >= 0.6 is 11.6 Å². The van der Waals surface area contributed by atoms with E-state index < -0.39 is 0 Å². The SMILES string of the molecule is Clc1ncc2n1-c1ccccc1C=NC2. The molecule has 15 heavy (non-hydrogen) atoms. The highest BCUT2D eigenvalue weighted by Gasteiger charge is 2.14. The summed E-state index contributed by atoms with van der Waals surface area (Å²) in [6, 6.07) is 8.01. The first kappa shape index (κ1) is 8.68. The number of hydrogen-bond acceptors (Lipinski definition) is 2. The topological polar surface area (TPSA) is 30.2 Å². The number of hydrogen-bond donors (Lipinski definition) is 0. The number of para-hydroxylation sites is 1. The average Bonchev–Trinajstić information content (AvgIpc) is 2.52. The molecule has 0 radical (unpaired) electrons. The lowest BCUT2D eigenvalue weighted by molar-refractivity contribution is 0.925. The van der Waals surface area contributed by atoms with E-state index in [0.29, 0.717) is 11.8 Å². The van der Waals surface area contributed by atoms with E-state index in [1.165, 1.54) is 0 Å². The lowest BCUT2D eigenvalue weighted by Crippen LogP contribution is -2.00. The van der Waals surface area contributed by atoms with Crippen LogP contribution in [0.2, 0.25) is 5.28 Å². The van der Waals surface area contributed by atoms with Crippen LogP contribution in [0.4, 0.5) is 0 Å². The maximum atomic E-state index is 6.05. The van der Waals surface area contributed by atoms with Crippen molar-refractivity contribution in [1.82, 2.24) is 9.55 Å². The zero-order valence-electron chi connectivity index (χ0n) is 7.89. The Hall–Kier alpha value is -1.61. The maximum absolute atomic E-state index is 6.05. The number of halogens is 1. The Kier molecular flexibility index (Phi) is 1.86. The van der Waals surface area contributed by atoms with Gasteiger partial charge in [-0.25, -0.2) is 4.98 Å². The van der Waals surface area contributed by atoms with E-state index in [2.05, 4.69) is 9.98 Å². The predicted octanol–water partition coefficient (Wildman–Crippen LogP) is 2.46. The van der Waals surface area contributed by atoms with Gasteiger partial charge in [-0.15, -0.1) is 0 Å². The first-order valence-electron chi connectivity index (χ1n) is 4.67. The van der Waals surface area contributed by atoms with Gasteiger partial charge < -0.3 is 0 Å². The number of rotatable bonds is 0. The summed E-state index contributed by atoms with van der Waals surface area (Å²) >= 11 is 6.05. The summed E-state index contributed by atoms with van der Waals surface area (Å²) in [5.74, 6) is 0. The third-order valence-corrected chi connectivity index (χ3v) is 2.72. The smallest absolute Gasteiger partial charge is 0.207 e. The van der Waals surface area contributed by atoms with Gasteiger partial charge in [0.1, 0.15) is 0 Å². The molecule has 0 spiro atoms. The molecule has 0 N–H and O–H groups in total. The number of aliphatic imine (C=N–C) groups is 1. The van der Waals surface area contributed by atoms with Crippen LogP contribution in [0, 0.1) is 0 Å². The summed E-state index contributed by atoms with van der Waals surface area (Å²) in [7, 11) is 0. The van der Waals surface area contributed by atoms with Crippen LogP contribution in [0.3, 0.4) is 0 Å². The Morgan fingerprint density at radius 1 is 1.27 bits per heavy atom. The molecule has 0 fully saturated rings. The summed E-state index contributed by atoms with van der Waals surface area (Å²) in [6.45, 7) is 0.619. The Bertz CT molecular complexity index is 543. The second kappa shape index (κ2) is 3.21. The summed E-state index contributed by atoms with van der Waals surface area (Å²) in [5.41, 5.74) is 3.12. The number of imidazole rings is 1. The van der Waals surface area contributed by atoms with Crippen LogP contribution in [-0.4, -0.2) is 15.8 Å². The van der Waals surface area contributed by atoms with Crippen LogP contribution < -0.4 is 0 Å². The molecule has 0 bridgehead atoms. The first-order valence-corrected chi connectivity index (χ1v) is 5.05. The molecular formula is C11H8ClN3. The molecule has 2 heterocycles. The fraction of sp³-hybridized carbons (Fsp3) is 0.0909. The molecule has 4 heteroatoms. The van der Waals surface area contributed by atoms with Crippen molar-refractivity contribution in [2.75, 3.05) is 0 Å². The lowest BCUT2D eigenvalue weighted by atomic mass is 10.2. The van der Waals surface area contributed by atoms with Gasteiger partial charge in [0.05, 0.1) is 24.1 Å². The van der Waals surface area contributed by atoms with Gasteiger partial charge in [0, 0.05) is 11.8 Å².